The van der Waals surface area contributed by atoms with Crippen LogP contribution in [0.25, 0.3) is 0 Å². The second-order valence-corrected chi connectivity index (χ2v) is 6.98. The van der Waals surface area contributed by atoms with E-state index in [0.717, 1.165) is 42.9 Å². The van der Waals surface area contributed by atoms with Crippen molar-refractivity contribution in [2.75, 3.05) is 31.1 Å². The summed E-state index contributed by atoms with van der Waals surface area (Å²) in [6.07, 6.45) is 1.23. The summed E-state index contributed by atoms with van der Waals surface area (Å²) in [5, 5.41) is 9.69. The van der Waals surface area contributed by atoms with E-state index in [2.05, 4.69) is 4.90 Å². The van der Waals surface area contributed by atoms with E-state index in [9.17, 15) is 9.90 Å². The molecule has 0 bridgehead atoms. The maximum atomic E-state index is 13.3. The highest BCUT2D eigenvalue weighted by Crippen LogP contribution is 2.39. The Kier molecular flexibility index (Phi) is 4.91. The van der Waals surface area contributed by atoms with Crippen molar-refractivity contribution < 1.29 is 14.6 Å². The minimum absolute atomic E-state index is 0.0750. The average molecular weight is 352 g/mol. The maximum absolute atomic E-state index is 13.3. The van der Waals surface area contributed by atoms with Crippen molar-refractivity contribution in [3.8, 4) is 5.75 Å². The Bertz CT molecular complexity index is 757. The van der Waals surface area contributed by atoms with Crippen LogP contribution in [0.15, 0.2) is 54.6 Å². The number of amides is 1. The van der Waals surface area contributed by atoms with Crippen molar-refractivity contribution in [2.24, 2.45) is 0 Å². The number of ether oxygens (including phenoxy) is 1. The first-order valence-corrected chi connectivity index (χ1v) is 9.21. The monoisotopic (exact) mass is 352 g/mol. The molecule has 26 heavy (non-hydrogen) atoms. The summed E-state index contributed by atoms with van der Waals surface area (Å²) in [7, 11) is 0. The Hall–Kier alpha value is -2.37. The van der Waals surface area contributed by atoms with Crippen LogP contribution >= 0.6 is 0 Å². The van der Waals surface area contributed by atoms with E-state index < -0.39 is 0 Å². The molecule has 0 spiro atoms. The Morgan fingerprint density at radius 1 is 1.04 bits per heavy atom. The summed E-state index contributed by atoms with van der Waals surface area (Å²) in [4.78, 5) is 17.3. The molecule has 2 aliphatic heterocycles. The van der Waals surface area contributed by atoms with Gasteiger partial charge in [0.15, 0.2) is 0 Å². The number of aliphatic hydroxyl groups excluding tert-OH is 1. The van der Waals surface area contributed by atoms with Gasteiger partial charge in [-0.1, -0.05) is 42.5 Å². The quantitative estimate of drug-likeness (QED) is 0.923. The Morgan fingerprint density at radius 3 is 2.50 bits per heavy atom. The van der Waals surface area contributed by atoms with Crippen molar-refractivity contribution >= 4 is 11.6 Å². The number of hydrogen-bond donors (Lipinski definition) is 1. The lowest BCUT2D eigenvalue weighted by molar-refractivity contribution is -0.121. The molecule has 5 nitrogen and oxygen atoms in total. The SMILES string of the molecule is O=C(CN1CCC(O)CC1)N1c2ccccc2OC[C@H]1c1ccccc1. The van der Waals surface area contributed by atoms with E-state index in [1.807, 2.05) is 59.5 Å². The molecule has 1 amide bonds. The first-order valence-electron chi connectivity index (χ1n) is 9.21. The predicted octanol–water partition coefficient (Wildman–Crippen LogP) is 2.61. The fourth-order valence-electron chi connectivity index (χ4n) is 3.76. The topological polar surface area (TPSA) is 53.0 Å². The van der Waals surface area contributed by atoms with Gasteiger partial charge in [0.05, 0.1) is 24.4 Å². The molecule has 1 saturated heterocycles. The molecule has 0 saturated carbocycles. The highest BCUT2D eigenvalue weighted by Gasteiger charge is 2.34. The first kappa shape index (κ1) is 17.1. The normalized spacial score (nSPS) is 21.1. The van der Waals surface area contributed by atoms with E-state index >= 15 is 0 Å². The number of para-hydroxylation sites is 2. The van der Waals surface area contributed by atoms with Gasteiger partial charge in [-0.25, -0.2) is 0 Å². The number of anilines is 1. The van der Waals surface area contributed by atoms with Gasteiger partial charge in [0, 0.05) is 13.1 Å². The molecule has 2 aromatic carbocycles. The van der Waals surface area contributed by atoms with E-state index in [4.69, 9.17) is 4.74 Å². The predicted molar refractivity (Wildman–Crippen MR) is 100 cm³/mol. The molecule has 4 rings (SSSR count). The van der Waals surface area contributed by atoms with Crippen LogP contribution < -0.4 is 9.64 Å². The number of piperidine rings is 1. The van der Waals surface area contributed by atoms with Crippen molar-refractivity contribution in [1.29, 1.82) is 0 Å². The van der Waals surface area contributed by atoms with Crippen LogP contribution in [0.1, 0.15) is 24.4 Å². The zero-order valence-corrected chi connectivity index (χ0v) is 14.8. The lowest BCUT2D eigenvalue weighted by Gasteiger charge is -2.39. The fraction of sp³-hybridized carbons (Fsp3) is 0.381. The summed E-state index contributed by atoms with van der Waals surface area (Å²) >= 11 is 0. The Morgan fingerprint density at radius 2 is 1.73 bits per heavy atom. The molecule has 0 aromatic heterocycles. The first-order chi connectivity index (χ1) is 12.7. The second kappa shape index (κ2) is 7.48. The van der Waals surface area contributed by atoms with Gasteiger partial charge in [0.25, 0.3) is 0 Å². The summed E-state index contributed by atoms with van der Waals surface area (Å²) in [5.74, 6) is 0.827. The third-order valence-electron chi connectivity index (χ3n) is 5.20. The Balaban J connectivity index is 1.61. The van der Waals surface area contributed by atoms with Crippen LogP contribution in [0.4, 0.5) is 5.69 Å². The van der Waals surface area contributed by atoms with Crippen molar-refractivity contribution in [3.63, 3.8) is 0 Å². The highest BCUT2D eigenvalue weighted by atomic mass is 16.5. The molecule has 5 heteroatoms. The lowest BCUT2D eigenvalue weighted by Crippen LogP contribution is -2.48. The summed E-state index contributed by atoms with van der Waals surface area (Å²) in [6, 6.07) is 17.6. The minimum atomic E-state index is -0.234. The van der Waals surface area contributed by atoms with Crippen molar-refractivity contribution in [2.45, 2.75) is 25.0 Å². The van der Waals surface area contributed by atoms with Crippen LogP contribution in [0.3, 0.4) is 0 Å². The molecule has 2 aliphatic rings. The molecule has 1 N–H and O–H groups in total. The summed E-state index contributed by atoms with van der Waals surface area (Å²) in [5.41, 5.74) is 1.90. The standard InChI is InChI=1S/C21H24N2O3/c24-17-10-12-22(13-11-17)14-21(25)23-18-8-4-5-9-20(18)26-15-19(23)16-6-2-1-3-7-16/h1-9,17,19,24H,10-15H2/t19-/m0/s1. The van der Waals surface area contributed by atoms with Gasteiger partial charge in [-0.05, 0) is 30.5 Å². The molecular formula is C21H24N2O3. The van der Waals surface area contributed by atoms with E-state index in [1.165, 1.54) is 0 Å². The molecule has 2 heterocycles. The van der Waals surface area contributed by atoms with Gasteiger partial charge >= 0.3 is 0 Å². The van der Waals surface area contributed by atoms with Gasteiger partial charge in [-0.2, -0.15) is 0 Å². The summed E-state index contributed by atoms with van der Waals surface area (Å²) in [6.45, 7) is 2.33. The van der Waals surface area contributed by atoms with Gasteiger partial charge < -0.3 is 9.84 Å². The number of carbonyl (C=O) groups excluding carboxylic acids is 1. The van der Waals surface area contributed by atoms with Crippen LogP contribution in [-0.2, 0) is 4.79 Å². The van der Waals surface area contributed by atoms with Crippen LogP contribution in [0.5, 0.6) is 5.75 Å². The number of rotatable bonds is 3. The van der Waals surface area contributed by atoms with Gasteiger partial charge in [0.2, 0.25) is 5.91 Å². The number of hydrogen-bond acceptors (Lipinski definition) is 4. The molecule has 136 valence electrons. The number of likely N-dealkylation sites (tertiary alicyclic amines) is 1. The molecular weight excluding hydrogens is 328 g/mol. The van der Waals surface area contributed by atoms with E-state index in [0.29, 0.717) is 13.2 Å². The summed E-state index contributed by atoms with van der Waals surface area (Å²) < 4.78 is 5.93. The molecule has 0 radical (unpaired) electrons. The third kappa shape index (κ3) is 3.45. The number of aliphatic hydroxyl groups is 1. The van der Waals surface area contributed by atoms with Crippen LogP contribution in [-0.4, -0.2) is 48.3 Å². The highest BCUT2D eigenvalue weighted by molar-refractivity contribution is 5.97. The zero-order valence-electron chi connectivity index (χ0n) is 14.8. The molecule has 0 aliphatic carbocycles. The molecule has 0 unspecified atom stereocenters. The molecule has 2 aromatic rings. The van der Waals surface area contributed by atoms with Crippen molar-refractivity contribution in [1.82, 2.24) is 4.90 Å². The Labute approximate surface area is 153 Å². The maximum Gasteiger partial charge on any atom is 0.241 e. The fourth-order valence-corrected chi connectivity index (χ4v) is 3.76. The number of carbonyl (C=O) groups is 1. The van der Waals surface area contributed by atoms with Crippen LogP contribution in [0.2, 0.25) is 0 Å². The molecule has 1 fully saturated rings. The van der Waals surface area contributed by atoms with E-state index in [-0.39, 0.29) is 18.1 Å². The zero-order chi connectivity index (χ0) is 17.9. The number of benzene rings is 2. The second-order valence-electron chi connectivity index (χ2n) is 6.98. The van der Waals surface area contributed by atoms with E-state index in [1.54, 1.807) is 0 Å². The van der Waals surface area contributed by atoms with Crippen molar-refractivity contribution in [3.05, 3.63) is 60.2 Å². The number of nitrogens with zero attached hydrogens (tertiary/aromatic N) is 2. The minimum Gasteiger partial charge on any atom is -0.489 e. The molecule has 1 atom stereocenters. The van der Waals surface area contributed by atoms with Gasteiger partial charge in [-0.3, -0.25) is 14.6 Å². The third-order valence-corrected chi connectivity index (χ3v) is 5.20. The van der Waals surface area contributed by atoms with Gasteiger partial charge in [0.1, 0.15) is 12.4 Å². The largest absolute Gasteiger partial charge is 0.489 e. The lowest BCUT2D eigenvalue weighted by atomic mass is 10.0. The van der Waals surface area contributed by atoms with Gasteiger partial charge in [-0.15, -0.1) is 0 Å². The van der Waals surface area contributed by atoms with Crippen LogP contribution in [0, 0.1) is 0 Å². The average Bonchev–Trinajstić information content (AvgIpc) is 2.69. The number of fused-ring (bicyclic) bond motifs is 1. The smallest absolute Gasteiger partial charge is 0.241 e.